The summed E-state index contributed by atoms with van der Waals surface area (Å²) in [5.74, 6) is -1.50. The number of imidazole rings is 1. The molecule has 1 atom stereocenters. The number of Topliss-reactive ketones (excluding diaryl/α,β-unsaturated/α-hetero) is 1. The molecular formula is C22H20N4O3. The SMILES string of the molecule is O=C1C(=O)N(CCCn2ccnc2)[C@@H](c2ccccn2)/C1=C(\O)c1ccccc1. The van der Waals surface area contributed by atoms with Crippen molar-refractivity contribution in [2.45, 2.75) is 19.0 Å². The Morgan fingerprint density at radius 3 is 2.48 bits per heavy atom. The summed E-state index contributed by atoms with van der Waals surface area (Å²) < 4.78 is 1.91. The standard InChI is InChI=1S/C22H20N4O3/c27-20(16-7-2-1-3-8-16)18-19(17-9-4-5-10-24-17)26(22(29)21(18)28)13-6-12-25-14-11-23-15-25/h1-5,7-11,14-15,19,27H,6,12-13H2/b20-18+/t19-/m0/s1. The number of likely N-dealkylation sites (tertiary alicyclic amines) is 1. The lowest BCUT2D eigenvalue weighted by Gasteiger charge is -2.24. The highest BCUT2D eigenvalue weighted by molar-refractivity contribution is 6.46. The van der Waals surface area contributed by atoms with Gasteiger partial charge in [-0.15, -0.1) is 0 Å². The largest absolute Gasteiger partial charge is 0.507 e. The summed E-state index contributed by atoms with van der Waals surface area (Å²) in [6.07, 6.45) is 7.50. The highest BCUT2D eigenvalue weighted by atomic mass is 16.3. The summed E-state index contributed by atoms with van der Waals surface area (Å²) in [5.41, 5.74) is 1.11. The molecule has 1 aliphatic heterocycles. The molecular weight excluding hydrogens is 368 g/mol. The first-order valence-electron chi connectivity index (χ1n) is 9.37. The molecule has 1 saturated heterocycles. The highest BCUT2D eigenvalue weighted by Gasteiger charge is 2.46. The van der Waals surface area contributed by atoms with Crippen LogP contribution in [0.15, 0.2) is 79.0 Å². The Labute approximate surface area is 168 Å². The number of nitrogens with zero attached hydrogens (tertiary/aromatic N) is 4. The summed E-state index contributed by atoms with van der Waals surface area (Å²) in [6, 6.07) is 13.4. The van der Waals surface area contributed by atoms with E-state index in [4.69, 9.17) is 0 Å². The van der Waals surface area contributed by atoms with Crippen molar-refractivity contribution in [3.63, 3.8) is 0 Å². The van der Waals surface area contributed by atoms with E-state index in [1.54, 1.807) is 61.2 Å². The summed E-state index contributed by atoms with van der Waals surface area (Å²) in [5, 5.41) is 10.9. The number of ketones is 1. The van der Waals surface area contributed by atoms with Gasteiger partial charge in [0, 0.05) is 37.2 Å². The molecule has 1 aromatic carbocycles. The third-order valence-electron chi connectivity index (χ3n) is 4.93. The van der Waals surface area contributed by atoms with Crippen molar-refractivity contribution in [1.82, 2.24) is 19.4 Å². The van der Waals surface area contributed by atoms with Gasteiger partial charge in [0.15, 0.2) is 0 Å². The lowest BCUT2D eigenvalue weighted by molar-refractivity contribution is -0.140. The zero-order valence-electron chi connectivity index (χ0n) is 15.7. The first kappa shape index (κ1) is 18.6. The first-order valence-corrected chi connectivity index (χ1v) is 9.37. The number of aliphatic hydroxyl groups excluding tert-OH is 1. The Morgan fingerprint density at radius 1 is 1.00 bits per heavy atom. The zero-order chi connectivity index (χ0) is 20.2. The van der Waals surface area contributed by atoms with Crippen molar-refractivity contribution >= 4 is 17.4 Å². The predicted molar refractivity (Wildman–Crippen MR) is 107 cm³/mol. The Balaban J connectivity index is 1.70. The Kier molecular flexibility index (Phi) is 5.20. The third kappa shape index (κ3) is 3.67. The van der Waals surface area contributed by atoms with E-state index >= 15 is 0 Å². The van der Waals surface area contributed by atoms with Gasteiger partial charge in [-0.1, -0.05) is 36.4 Å². The van der Waals surface area contributed by atoms with E-state index < -0.39 is 17.7 Å². The number of hydrogen-bond acceptors (Lipinski definition) is 5. The van der Waals surface area contributed by atoms with Crippen molar-refractivity contribution in [3.05, 3.63) is 90.3 Å². The molecule has 4 rings (SSSR count). The van der Waals surface area contributed by atoms with E-state index in [0.29, 0.717) is 30.8 Å². The van der Waals surface area contributed by atoms with Crippen LogP contribution in [-0.4, -0.2) is 42.8 Å². The summed E-state index contributed by atoms with van der Waals surface area (Å²) in [6.45, 7) is 1.02. The average molecular weight is 388 g/mol. The van der Waals surface area contributed by atoms with Gasteiger partial charge in [-0.2, -0.15) is 0 Å². The topological polar surface area (TPSA) is 88.3 Å². The lowest BCUT2D eigenvalue weighted by atomic mass is 9.98. The number of rotatable bonds is 6. The van der Waals surface area contributed by atoms with Gasteiger partial charge in [-0.25, -0.2) is 4.98 Å². The van der Waals surface area contributed by atoms with Crippen molar-refractivity contribution in [1.29, 1.82) is 0 Å². The van der Waals surface area contributed by atoms with Gasteiger partial charge in [-0.3, -0.25) is 14.6 Å². The molecule has 1 fully saturated rings. The second kappa shape index (κ2) is 8.10. The number of carbonyl (C=O) groups excluding carboxylic acids is 2. The van der Waals surface area contributed by atoms with Gasteiger partial charge in [-0.05, 0) is 18.6 Å². The van der Waals surface area contributed by atoms with Crippen LogP contribution in [0.25, 0.3) is 5.76 Å². The molecule has 146 valence electrons. The average Bonchev–Trinajstić information content (AvgIpc) is 3.37. The number of benzene rings is 1. The van der Waals surface area contributed by atoms with Crippen LogP contribution in [0.3, 0.4) is 0 Å². The van der Waals surface area contributed by atoms with Crippen molar-refractivity contribution in [2.75, 3.05) is 6.54 Å². The molecule has 1 N–H and O–H groups in total. The number of aryl methyl sites for hydroxylation is 1. The normalized spacial score (nSPS) is 18.3. The number of amides is 1. The van der Waals surface area contributed by atoms with Crippen LogP contribution in [0.5, 0.6) is 0 Å². The van der Waals surface area contributed by atoms with Crippen molar-refractivity contribution < 1.29 is 14.7 Å². The number of aliphatic hydroxyl groups is 1. The smallest absolute Gasteiger partial charge is 0.295 e. The quantitative estimate of drug-likeness (QED) is 0.399. The second-order valence-electron chi connectivity index (χ2n) is 6.77. The van der Waals surface area contributed by atoms with E-state index in [2.05, 4.69) is 9.97 Å². The number of carbonyl (C=O) groups is 2. The van der Waals surface area contributed by atoms with Crippen LogP contribution in [0.4, 0.5) is 0 Å². The number of hydrogen-bond donors (Lipinski definition) is 1. The lowest BCUT2D eigenvalue weighted by Crippen LogP contribution is -2.31. The fraction of sp³-hybridized carbons (Fsp3) is 0.182. The third-order valence-corrected chi connectivity index (χ3v) is 4.93. The molecule has 0 bridgehead atoms. The molecule has 7 nitrogen and oxygen atoms in total. The molecule has 0 radical (unpaired) electrons. The Bertz CT molecular complexity index is 1030. The highest BCUT2D eigenvalue weighted by Crippen LogP contribution is 2.38. The molecule has 0 unspecified atom stereocenters. The van der Waals surface area contributed by atoms with Crippen LogP contribution in [0, 0.1) is 0 Å². The molecule has 7 heteroatoms. The Morgan fingerprint density at radius 2 is 1.79 bits per heavy atom. The number of pyridine rings is 1. The Hall–Kier alpha value is -3.74. The van der Waals surface area contributed by atoms with Crippen LogP contribution < -0.4 is 0 Å². The predicted octanol–water partition coefficient (Wildman–Crippen LogP) is 2.79. The van der Waals surface area contributed by atoms with Gasteiger partial charge in [0.1, 0.15) is 11.8 Å². The minimum atomic E-state index is -0.723. The molecule has 0 aliphatic carbocycles. The molecule has 3 aromatic rings. The van der Waals surface area contributed by atoms with Crippen LogP contribution in [0.2, 0.25) is 0 Å². The summed E-state index contributed by atoms with van der Waals surface area (Å²) >= 11 is 0. The maximum Gasteiger partial charge on any atom is 0.295 e. The van der Waals surface area contributed by atoms with E-state index in [1.807, 2.05) is 16.8 Å². The molecule has 0 spiro atoms. The van der Waals surface area contributed by atoms with Gasteiger partial charge in [0.05, 0.1) is 17.6 Å². The van der Waals surface area contributed by atoms with E-state index in [9.17, 15) is 14.7 Å². The maximum absolute atomic E-state index is 12.9. The molecule has 1 amide bonds. The van der Waals surface area contributed by atoms with Crippen LogP contribution in [-0.2, 0) is 16.1 Å². The molecule has 2 aromatic heterocycles. The molecule has 29 heavy (non-hydrogen) atoms. The monoisotopic (exact) mass is 388 g/mol. The van der Waals surface area contributed by atoms with Crippen LogP contribution >= 0.6 is 0 Å². The van der Waals surface area contributed by atoms with E-state index in [0.717, 1.165) is 0 Å². The number of aromatic nitrogens is 3. The maximum atomic E-state index is 12.9. The second-order valence-corrected chi connectivity index (χ2v) is 6.77. The van der Waals surface area contributed by atoms with Gasteiger partial charge in [0.25, 0.3) is 11.7 Å². The first-order chi connectivity index (χ1) is 14.2. The minimum absolute atomic E-state index is 0.0718. The minimum Gasteiger partial charge on any atom is -0.507 e. The van der Waals surface area contributed by atoms with Gasteiger partial charge < -0.3 is 14.6 Å². The van der Waals surface area contributed by atoms with Crippen LogP contribution in [0.1, 0.15) is 23.7 Å². The molecule has 3 heterocycles. The van der Waals surface area contributed by atoms with E-state index in [-0.39, 0.29) is 11.3 Å². The van der Waals surface area contributed by atoms with Gasteiger partial charge >= 0.3 is 0 Å². The molecule has 1 aliphatic rings. The molecule has 0 saturated carbocycles. The fourth-order valence-corrected chi connectivity index (χ4v) is 3.55. The summed E-state index contributed by atoms with van der Waals surface area (Å²) in [7, 11) is 0. The summed E-state index contributed by atoms with van der Waals surface area (Å²) in [4.78, 5) is 35.5. The zero-order valence-corrected chi connectivity index (χ0v) is 15.7. The van der Waals surface area contributed by atoms with Crippen molar-refractivity contribution in [2.24, 2.45) is 0 Å². The van der Waals surface area contributed by atoms with Gasteiger partial charge in [0.2, 0.25) is 0 Å². The van der Waals surface area contributed by atoms with Crippen molar-refractivity contribution in [3.8, 4) is 0 Å². The fourth-order valence-electron chi connectivity index (χ4n) is 3.55. The van der Waals surface area contributed by atoms with E-state index in [1.165, 1.54) is 4.90 Å².